The third-order valence-corrected chi connectivity index (χ3v) is 2.62. The Morgan fingerprint density at radius 3 is 2.22 bits per heavy atom. The average Bonchev–Trinajstić information content (AvgIpc) is 2.36. The first-order valence-corrected chi connectivity index (χ1v) is 7.66. The first-order chi connectivity index (χ1) is 8.70. The van der Waals surface area contributed by atoms with Crippen molar-refractivity contribution in [3.63, 3.8) is 0 Å². The molecule has 0 aromatic carbocycles. The normalized spacial score (nSPS) is 9.89. The maximum Gasteiger partial charge on any atom is 0.234 e. The predicted molar refractivity (Wildman–Crippen MR) is 83.0 cm³/mol. The number of rotatable bonds is 10. The molecule has 0 rings (SSSR count). The molecule has 3 heteroatoms. The van der Waals surface area contributed by atoms with Crippen LogP contribution in [0.2, 0.25) is 0 Å². The van der Waals surface area contributed by atoms with Crippen molar-refractivity contribution in [3.05, 3.63) is 0 Å². The van der Waals surface area contributed by atoms with Gasteiger partial charge in [0.25, 0.3) is 0 Å². The highest BCUT2D eigenvalue weighted by atomic mass is 16.1. The lowest BCUT2D eigenvalue weighted by Crippen LogP contribution is -2.35. The zero-order valence-corrected chi connectivity index (χ0v) is 13.2. The summed E-state index contributed by atoms with van der Waals surface area (Å²) in [4.78, 5) is 13.5. The van der Waals surface area contributed by atoms with E-state index < -0.39 is 0 Å². The van der Waals surface area contributed by atoms with Gasteiger partial charge in [-0.3, -0.25) is 9.69 Å². The fourth-order valence-electron chi connectivity index (χ4n) is 1.72. The van der Waals surface area contributed by atoms with E-state index in [0.717, 1.165) is 25.9 Å². The molecule has 0 aliphatic heterocycles. The Morgan fingerprint density at radius 1 is 1.06 bits per heavy atom. The number of hydrogen-bond acceptors (Lipinski definition) is 2. The summed E-state index contributed by atoms with van der Waals surface area (Å²) >= 11 is 0. The molecule has 0 aliphatic carbocycles. The second kappa shape index (κ2) is 16.4. The minimum atomic E-state index is 0. The van der Waals surface area contributed by atoms with E-state index >= 15 is 0 Å². The van der Waals surface area contributed by atoms with Gasteiger partial charge in [-0.1, -0.05) is 53.4 Å². The minimum absolute atomic E-state index is 0. The number of amides is 1. The standard InChI is InChI=1S/C13H28N2O.C2H6.H2/c1-4-6-7-8-9-10-14-13(16)12-15(3)11-5-2;1-2;/h4-12H2,1-3H3,(H,14,16);1-2H3;1H. The van der Waals surface area contributed by atoms with Crippen LogP contribution in [0.1, 0.15) is 67.6 Å². The topological polar surface area (TPSA) is 32.3 Å². The van der Waals surface area contributed by atoms with Crippen molar-refractivity contribution in [2.75, 3.05) is 26.7 Å². The number of nitrogens with zero attached hydrogens (tertiary/aromatic N) is 1. The highest BCUT2D eigenvalue weighted by Gasteiger charge is 2.04. The Kier molecular flexibility index (Phi) is 18.0. The molecule has 0 fully saturated rings. The molecule has 0 heterocycles. The van der Waals surface area contributed by atoms with Crippen molar-refractivity contribution >= 4 is 5.91 Å². The van der Waals surface area contributed by atoms with E-state index in [1.807, 2.05) is 20.9 Å². The van der Waals surface area contributed by atoms with E-state index in [1.165, 1.54) is 25.7 Å². The summed E-state index contributed by atoms with van der Waals surface area (Å²) < 4.78 is 0. The zero-order valence-electron chi connectivity index (χ0n) is 13.2. The molecule has 0 radical (unpaired) electrons. The van der Waals surface area contributed by atoms with Gasteiger partial charge in [-0.15, -0.1) is 0 Å². The number of carbonyl (C=O) groups is 1. The predicted octanol–water partition coefficient (Wildman–Crippen LogP) is 3.69. The van der Waals surface area contributed by atoms with E-state index in [2.05, 4.69) is 24.1 Å². The Hall–Kier alpha value is -0.570. The van der Waals surface area contributed by atoms with E-state index in [0.29, 0.717) is 6.54 Å². The van der Waals surface area contributed by atoms with E-state index in [4.69, 9.17) is 0 Å². The van der Waals surface area contributed by atoms with Crippen LogP contribution in [0, 0.1) is 0 Å². The molecule has 0 atom stereocenters. The van der Waals surface area contributed by atoms with Crippen LogP contribution in [0.4, 0.5) is 0 Å². The van der Waals surface area contributed by atoms with Crippen LogP contribution >= 0.6 is 0 Å². The van der Waals surface area contributed by atoms with Gasteiger partial charge >= 0.3 is 0 Å². The van der Waals surface area contributed by atoms with Crippen LogP contribution in [-0.4, -0.2) is 37.5 Å². The van der Waals surface area contributed by atoms with Gasteiger partial charge in [-0.2, -0.15) is 0 Å². The summed E-state index contributed by atoms with van der Waals surface area (Å²) in [6, 6.07) is 0. The molecule has 0 bridgehead atoms. The molecule has 3 nitrogen and oxygen atoms in total. The van der Waals surface area contributed by atoms with Gasteiger partial charge in [-0.05, 0) is 26.4 Å². The third-order valence-electron chi connectivity index (χ3n) is 2.62. The fourth-order valence-corrected chi connectivity index (χ4v) is 1.72. The number of hydrogen-bond donors (Lipinski definition) is 1. The summed E-state index contributed by atoms with van der Waals surface area (Å²) in [5.74, 6) is 0.159. The first kappa shape index (κ1) is 19.8. The van der Waals surface area contributed by atoms with Gasteiger partial charge in [0.05, 0.1) is 6.54 Å². The molecule has 0 saturated heterocycles. The van der Waals surface area contributed by atoms with Crippen LogP contribution < -0.4 is 5.32 Å². The lowest BCUT2D eigenvalue weighted by molar-refractivity contribution is -0.121. The lowest BCUT2D eigenvalue weighted by Gasteiger charge is -2.14. The van der Waals surface area contributed by atoms with Gasteiger partial charge in [0.1, 0.15) is 0 Å². The zero-order chi connectivity index (χ0) is 14.2. The average molecular weight is 260 g/mol. The van der Waals surface area contributed by atoms with Gasteiger partial charge in [-0.25, -0.2) is 0 Å². The molecule has 112 valence electrons. The molecule has 0 saturated carbocycles. The SMILES string of the molecule is CC.CCCCCCCNC(=O)CN(C)CCC.[HH]. The van der Waals surface area contributed by atoms with Gasteiger partial charge in [0, 0.05) is 7.97 Å². The number of unbranched alkanes of at least 4 members (excludes halogenated alkanes) is 4. The second-order valence-corrected chi connectivity index (χ2v) is 4.50. The van der Waals surface area contributed by atoms with Crippen LogP contribution in [0.3, 0.4) is 0 Å². The summed E-state index contributed by atoms with van der Waals surface area (Å²) in [6.45, 7) is 10.7. The molecule has 0 unspecified atom stereocenters. The minimum Gasteiger partial charge on any atom is -0.355 e. The van der Waals surface area contributed by atoms with E-state index in [9.17, 15) is 4.79 Å². The fraction of sp³-hybridized carbons (Fsp3) is 0.933. The largest absolute Gasteiger partial charge is 0.355 e. The molecule has 0 aromatic heterocycles. The molecular weight excluding hydrogens is 224 g/mol. The third kappa shape index (κ3) is 15.4. The first-order valence-electron chi connectivity index (χ1n) is 7.66. The van der Waals surface area contributed by atoms with Gasteiger partial charge in [0.2, 0.25) is 5.91 Å². The summed E-state index contributed by atoms with van der Waals surface area (Å²) in [7, 11) is 1.99. The van der Waals surface area contributed by atoms with Crippen molar-refractivity contribution in [2.24, 2.45) is 0 Å². The highest BCUT2D eigenvalue weighted by Crippen LogP contribution is 2.00. The van der Waals surface area contributed by atoms with Crippen LogP contribution in [0.5, 0.6) is 0 Å². The molecule has 0 spiro atoms. The summed E-state index contributed by atoms with van der Waals surface area (Å²) in [6.07, 6.45) is 7.33. The molecule has 0 aliphatic rings. The molecule has 1 N–H and O–H groups in total. The molecular formula is C15H36N2O. The van der Waals surface area contributed by atoms with Crippen LogP contribution in [0.25, 0.3) is 0 Å². The van der Waals surface area contributed by atoms with E-state index in [-0.39, 0.29) is 7.33 Å². The number of nitrogens with one attached hydrogen (secondary N) is 1. The lowest BCUT2D eigenvalue weighted by atomic mass is 10.1. The molecule has 18 heavy (non-hydrogen) atoms. The van der Waals surface area contributed by atoms with Crippen molar-refractivity contribution < 1.29 is 6.22 Å². The maximum atomic E-state index is 11.5. The molecule has 0 aromatic rings. The summed E-state index contributed by atoms with van der Waals surface area (Å²) in [5.41, 5.74) is 0. The number of carbonyl (C=O) groups excluding carboxylic acids is 1. The Labute approximate surface area is 116 Å². The summed E-state index contributed by atoms with van der Waals surface area (Å²) in [5, 5.41) is 2.97. The van der Waals surface area contributed by atoms with Crippen LogP contribution in [-0.2, 0) is 4.79 Å². The highest BCUT2D eigenvalue weighted by molar-refractivity contribution is 5.77. The van der Waals surface area contributed by atoms with Crippen molar-refractivity contribution in [1.29, 1.82) is 0 Å². The maximum absolute atomic E-state index is 11.5. The van der Waals surface area contributed by atoms with Crippen LogP contribution in [0.15, 0.2) is 0 Å². The van der Waals surface area contributed by atoms with Crippen molar-refractivity contribution in [3.8, 4) is 0 Å². The Balaban J connectivity index is -0.000000809. The van der Waals surface area contributed by atoms with Crippen molar-refractivity contribution in [1.82, 2.24) is 10.2 Å². The molecule has 1 amide bonds. The Morgan fingerprint density at radius 2 is 1.67 bits per heavy atom. The Bertz CT molecular complexity index is 178. The van der Waals surface area contributed by atoms with Gasteiger partial charge in [0.15, 0.2) is 0 Å². The van der Waals surface area contributed by atoms with Gasteiger partial charge < -0.3 is 5.32 Å². The van der Waals surface area contributed by atoms with E-state index in [1.54, 1.807) is 0 Å². The smallest absolute Gasteiger partial charge is 0.234 e. The monoisotopic (exact) mass is 260 g/mol. The second-order valence-electron chi connectivity index (χ2n) is 4.50. The quantitative estimate of drug-likeness (QED) is 0.608. The van der Waals surface area contributed by atoms with Crippen molar-refractivity contribution in [2.45, 2.75) is 66.2 Å². The number of likely N-dealkylation sites (N-methyl/N-ethyl adjacent to an activating group) is 1.